The van der Waals surface area contributed by atoms with E-state index in [0.29, 0.717) is 13.1 Å². The Bertz CT molecular complexity index is 564. The zero-order valence-electron chi connectivity index (χ0n) is 11.9. The van der Waals surface area contributed by atoms with Crippen molar-refractivity contribution >= 4 is 11.7 Å². The number of halogens is 1. The van der Waals surface area contributed by atoms with Crippen LogP contribution < -0.4 is 0 Å². The normalized spacial score (nSPS) is 22.2. The molecule has 0 saturated carbocycles. The van der Waals surface area contributed by atoms with E-state index >= 15 is 0 Å². The summed E-state index contributed by atoms with van der Waals surface area (Å²) in [6, 6.07) is 4.13. The third kappa shape index (κ3) is 3.18. The van der Waals surface area contributed by atoms with Crippen LogP contribution in [0.5, 0.6) is 0 Å². The maximum absolute atomic E-state index is 14.0. The molecule has 0 N–H and O–H groups in total. The Kier molecular flexibility index (Phi) is 4.52. The van der Waals surface area contributed by atoms with Gasteiger partial charge in [-0.15, -0.1) is 0 Å². The summed E-state index contributed by atoms with van der Waals surface area (Å²) in [5.41, 5.74) is -0.258. The van der Waals surface area contributed by atoms with Gasteiger partial charge in [-0.25, -0.2) is 0 Å². The lowest BCUT2D eigenvalue weighted by atomic mass is 9.99. The van der Waals surface area contributed by atoms with E-state index in [1.807, 2.05) is 11.8 Å². The van der Waals surface area contributed by atoms with Gasteiger partial charge in [0.15, 0.2) is 0 Å². The average molecular weight is 296 g/mol. The number of nitrogens with zero attached hydrogens (tertiary/aromatic N) is 2. The van der Waals surface area contributed by atoms with E-state index in [4.69, 9.17) is 4.74 Å². The first-order valence-corrected chi connectivity index (χ1v) is 6.66. The molecule has 0 spiro atoms. The van der Waals surface area contributed by atoms with Crippen LogP contribution in [0.3, 0.4) is 0 Å². The van der Waals surface area contributed by atoms with Crippen LogP contribution in [0.1, 0.15) is 12.5 Å². The number of nitro groups is 1. The van der Waals surface area contributed by atoms with Crippen molar-refractivity contribution in [3.05, 3.63) is 39.7 Å². The summed E-state index contributed by atoms with van der Waals surface area (Å²) in [5, 5.41) is 10.7. The minimum atomic E-state index is -0.809. The molecule has 1 aliphatic rings. The van der Waals surface area contributed by atoms with Gasteiger partial charge in [-0.05, 0) is 5.92 Å². The molecule has 0 aliphatic carbocycles. The van der Waals surface area contributed by atoms with Crippen LogP contribution in [-0.2, 0) is 16.1 Å². The van der Waals surface area contributed by atoms with Crippen molar-refractivity contribution in [1.82, 2.24) is 4.90 Å². The van der Waals surface area contributed by atoms with Gasteiger partial charge in [0.05, 0.1) is 18.0 Å². The summed E-state index contributed by atoms with van der Waals surface area (Å²) in [4.78, 5) is 23.5. The number of hydrogen-bond donors (Lipinski definition) is 0. The molecular formula is C14H17FN2O4. The molecule has 6 nitrogen and oxygen atoms in total. The van der Waals surface area contributed by atoms with Gasteiger partial charge in [0.1, 0.15) is 0 Å². The van der Waals surface area contributed by atoms with E-state index in [-0.39, 0.29) is 29.9 Å². The molecule has 0 radical (unpaired) electrons. The molecule has 0 bridgehead atoms. The second-order valence-electron chi connectivity index (χ2n) is 5.31. The lowest BCUT2D eigenvalue weighted by Gasteiger charge is -2.15. The number of methoxy groups -OCH3 is 1. The quantitative estimate of drug-likeness (QED) is 0.482. The molecule has 0 aromatic heterocycles. The molecule has 1 heterocycles. The van der Waals surface area contributed by atoms with Crippen LogP contribution in [0.15, 0.2) is 18.2 Å². The van der Waals surface area contributed by atoms with Crippen LogP contribution in [0.25, 0.3) is 0 Å². The Morgan fingerprint density at radius 2 is 2.24 bits per heavy atom. The highest BCUT2D eigenvalue weighted by Crippen LogP contribution is 2.27. The Hall–Kier alpha value is -2.02. The summed E-state index contributed by atoms with van der Waals surface area (Å²) >= 11 is 0. The second-order valence-corrected chi connectivity index (χ2v) is 5.31. The number of hydrogen-bond acceptors (Lipinski definition) is 5. The van der Waals surface area contributed by atoms with Crippen LogP contribution in [0.4, 0.5) is 10.1 Å². The number of ether oxygens (including phenoxy) is 1. The number of carbonyl (C=O) groups excluding carboxylic acids is 1. The number of nitro benzene ring substituents is 1. The summed E-state index contributed by atoms with van der Waals surface area (Å²) in [6.07, 6.45) is 0. The standard InChI is InChI=1S/C14H17FN2O4/c1-9-6-16(8-11(9)14(18)21-2)7-10-4-3-5-12(13(10)15)17(19)20/h3-5,9,11H,6-8H2,1-2H3. The van der Waals surface area contributed by atoms with E-state index in [1.165, 1.54) is 19.2 Å². The van der Waals surface area contributed by atoms with Crippen molar-refractivity contribution in [2.45, 2.75) is 13.5 Å². The molecule has 1 aliphatic heterocycles. The number of benzene rings is 1. The van der Waals surface area contributed by atoms with Gasteiger partial charge in [-0.2, -0.15) is 4.39 Å². The Morgan fingerprint density at radius 3 is 2.86 bits per heavy atom. The molecule has 1 aromatic carbocycles. The minimum Gasteiger partial charge on any atom is -0.469 e. The van der Waals surface area contributed by atoms with Crippen LogP contribution in [0, 0.1) is 27.8 Å². The highest BCUT2D eigenvalue weighted by Gasteiger charge is 2.35. The smallest absolute Gasteiger partial charge is 0.310 e. The molecule has 2 unspecified atom stereocenters. The van der Waals surface area contributed by atoms with Gasteiger partial charge in [-0.3, -0.25) is 19.8 Å². The van der Waals surface area contributed by atoms with E-state index in [9.17, 15) is 19.3 Å². The number of esters is 1. The molecular weight excluding hydrogens is 279 g/mol. The molecule has 1 fully saturated rings. The molecule has 1 saturated heterocycles. The van der Waals surface area contributed by atoms with Crippen molar-refractivity contribution in [1.29, 1.82) is 0 Å². The Morgan fingerprint density at radius 1 is 1.52 bits per heavy atom. The topological polar surface area (TPSA) is 72.7 Å². The van der Waals surface area contributed by atoms with Crippen molar-refractivity contribution in [3.8, 4) is 0 Å². The van der Waals surface area contributed by atoms with Crippen molar-refractivity contribution in [2.75, 3.05) is 20.2 Å². The van der Waals surface area contributed by atoms with Crippen LogP contribution >= 0.6 is 0 Å². The second kappa shape index (κ2) is 6.17. The minimum absolute atomic E-state index is 0.110. The molecule has 1 aromatic rings. The van der Waals surface area contributed by atoms with E-state index in [2.05, 4.69) is 0 Å². The fraction of sp³-hybridized carbons (Fsp3) is 0.500. The van der Waals surface area contributed by atoms with Crippen LogP contribution in [-0.4, -0.2) is 36.0 Å². The molecule has 7 heteroatoms. The summed E-state index contributed by atoms with van der Waals surface area (Å²) < 4.78 is 18.8. The first-order valence-electron chi connectivity index (χ1n) is 6.66. The molecule has 2 rings (SSSR count). The summed E-state index contributed by atoms with van der Waals surface area (Å²) in [5.74, 6) is -1.21. The number of carbonyl (C=O) groups is 1. The Balaban J connectivity index is 2.12. The van der Waals surface area contributed by atoms with Crippen molar-refractivity contribution in [3.63, 3.8) is 0 Å². The third-order valence-corrected chi connectivity index (χ3v) is 3.84. The van der Waals surface area contributed by atoms with Gasteiger partial charge in [-0.1, -0.05) is 19.1 Å². The molecule has 21 heavy (non-hydrogen) atoms. The average Bonchev–Trinajstić information content (AvgIpc) is 2.80. The number of likely N-dealkylation sites (tertiary alicyclic amines) is 1. The van der Waals surface area contributed by atoms with Gasteiger partial charge in [0.2, 0.25) is 5.82 Å². The van der Waals surface area contributed by atoms with E-state index in [0.717, 1.165) is 6.07 Å². The predicted octanol–water partition coefficient (Wildman–Crippen LogP) is 1.97. The van der Waals surface area contributed by atoms with Gasteiger partial charge in [0.25, 0.3) is 0 Å². The lowest BCUT2D eigenvalue weighted by Crippen LogP contribution is -2.24. The zero-order valence-corrected chi connectivity index (χ0v) is 11.9. The molecule has 0 amide bonds. The first-order chi connectivity index (χ1) is 9.93. The monoisotopic (exact) mass is 296 g/mol. The van der Waals surface area contributed by atoms with Crippen molar-refractivity contribution < 1.29 is 18.8 Å². The largest absolute Gasteiger partial charge is 0.469 e. The fourth-order valence-corrected chi connectivity index (χ4v) is 2.72. The highest BCUT2D eigenvalue weighted by molar-refractivity contribution is 5.73. The first kappa shape index (κ1) is 15.4. The summed E-state index contributed by atoms with van der Waals surface area (Å²) in [6.45, 7) is 3.27. The molecule has 114 valence electrons. The summed E-state index contributed by atoms with van der Waals surface area (Å²) in [7, 11) is 1.35. The lowest BCUT2D eigenvalue weighted by molar-refractivity contribution is -0.387. The van der Waals surface area contributed by atoms with E-state index in [1.54, 1.807) is 0 Å². The zero-order chi connectivity index (χ0) is 15.6. The van der Waals surface area contributed by atoms with Crippen molar-refractivity contribution in [2.24, 2.45) is 11.8 Å². The van der Waals surface area contributed by atoms with Gasteiger partial charge < -0.3 is 4.74 Å². The number of rotatable bonds is 4. The third-order valence-electron chi connectivity index (χ3n) is 3.84. The van der Waals surface area contributed by atoms with Gasteiger partial charge in [0, 0.05) is 31.3 Å². The predicted molar refractivity (Wildman–Crippen MR) is 73.0 cm³/mol. The Labute approximate surface area is 121 Å². The SMILES string of the molecule is COC(=O)C1CN(Cc2cccc([N+](=O)[O-])c2F)CC1C. The van der Waals surface area contributed by atoms with E-state index < -0.39 is 16.4 Å². The van der Waals surface area contributed by atoms with Crippen LogP contribution in [0.2, 0.25) is 0 Å². The van der Waals surface area contributed by atoms with Gasteiger partial charge >= 0.3 is 11.7 Å². The fourth-order valence-electron chi connectivity index (χ4n) is 2.72. The molecule has 2 atom stereocenters. The maximum Gasteiger partial charge on any atom is 0.310 e. The maximum atomic E-state index is 14.0. The highest BCUT2D eigenvalue weighted by atomic mass is 19.1.